The highest BCUT2D eigenvalue weighted by atomic mass is 16.5. The van der Waals surface area contributed by atoms with Crippen molar-refractivity contribution in [3.8, 4) is 0 Å². The Hall–Kier alpha value is -0.610. The van der Waals surface area contributed by atoms with E-state index in [0.29, 0.717) is 18.1 Å². The van der Waals surface area contributed by atoms with Crippen LogP contribution in [0.3, 0.4) is 0 Å². The first-order valence-corrected chi connectivity index (χ1v) is 7.04. The number of morpholine rings is 1. The molecule has 1 unspecified atom stereocenters. The maximum absolute atomic E-state index is 10.7. The maximum atomic E-state index is 10.7. The Morgan fingerprint density at radius 2 is 2.06 bits per heavy atom. The molecule has 4 nitrogen and oxygen atoms in total. The molecule has 104 valence electrons. The second kappa shape index (κ2) is 5.57. The van der Waals surface area contributed by atoms with Gasteiger partial charge in [-0.1, -0.05) is 13.8 Å². The van der Waals surface area contributed by atoms with Gasteiger partial charge in [-0.05, 0) is 31.1 Å². The molecule has 0 radical (unpaired) electrons. The summed E-state index contributed by atoms with van der Waals surface area (Å²) < 4.78 is 5.53. The van der Waals surface area contributed by atoms with Crippen LogP contribution in [0.1, 0.15) is 46.0 Å². The minimum absolute atomic E-state index is 0.119. The molecular weight excluding hydrogens is 230 g/mol. The van der Waals surface area contributed by atoms with Crippen molar-refractivity contribution in [1.29, 1.82) is 0 Å². The third kappa shape index (κ3) is 3.69. The SMILES string of the molecule is CC1(C)CCC(N2CCOC(CC(=O)O)C2)CC1. The molecule has 18 heavy (non-hydrogen) atoms. The molecule has 2 rings (SSSR count). The van der Waals surface area contributed by atoms with E-state index in [0.717, 1.165) is 13.1 Å². The number of carboxylic acids is 1. The molecular formula is C14H25NO3. The summed E-state index contributed by atoms with van der Waals surface area (Å²) in [5.41, 5.74) is 0.489. The fraction of sp³-hybridized carbons (Fsp3) is 0.929. The average molecular weight is 255 g/mol. The summed E-state index contributed by atoms with van der Waals surface area (Å²) in [5, 5.41) is 8.83. The fourth-order valence-electron chi connectivity index (χ4n) is 3.14. The molecule has 0 aromatic heterocycles. The molecule has 0 aromatic rings. The molecule has 4 heteroatoms. The van der Waals surface area contributed by atoms with Crippen LogP contribution in [0.4, 0.5) is 0 Å². The highest BCUT2D eigenvalue weighted by Crippen LogP contribution is 2.37. The van der Waals surface area contributed by atoms with Crippen LogP contribution < -0.4 is 0 Å². The summed E-state index contributed by atoms with van der Waals surface area (Å²) in [5.74, 6) is -0.758. The van der Waals surface area contributed by atoms with Crippen LogP contribution in [-0.4, -0.2) is 47.8 Å². The normalized spacial score (nSPS) is 30.2. The van der Waals surface area contributed by atoms with Gasteiger partial charge in [-0.25, -0.2) is 0 Å². The number of ether oxygens (including phenoxy) is 1. The average Bonchev–Trinajstić information content (AvgIpc) is 2.28. The Kier molecular flexibility index (Phi) is 4.28. The molecule has 0 amide bonds. The number of carboxylic acid groups (broad SMARTS) is 1. The van der Waals surface area contributed by atoms with E-state index in [1.165, 1.54) is 25.7 Å². The summed E-state index contributed by atoms with van der Waals surface area (Å²) in [7, 11) is 0. The molecule has 1 N–H and O–H groups in total. The van der Waals surface area contributed by atoms with E-state index in [2.05, 4.69) is 18.7 Å². The molecule has 0 spiro atoms. The molecule has 0 bridgehead atoms. The second-order valence-corrected chi connectivity index (χ2v) is 6.48. The van der Waals surface area contributed by atoms with Crippen molar-refractivity contribution in [3.05, 3.63) is 0 Å². The van der Waals surface area contributed by atoms with Crippen LogP contribution in [0, 0.1) is 5.41 Å². The first-order chi connectivity index (χ1) is 8.46. The minimum Gasteiger partial charge on any atom is -0.481 e. The number of rotatable bonds is 3. The van der Waals surface area contributed by atoms with E-state index < -0.39 is 5.97 Å². The molecule has 1 heterocycles. The predicted octanol–water partition coefficient (Wildman–Crippen LogP) is 2.13. The number of hydrogen-bond donors (Lipinski definition) is 1. The van der Waals surface area contributed by atoms with Crippen molar-refractivity contribution in [2.24, 2.45) is 5.41 Å². The fourth-order valence-corrected chi connectivity index (χ4v) is 3.14. The van der Waals surface area contributed by atoms with Gasteiger partial charge in [0.1, 0.15) is 0 Å². The standard InChI is InChI=1S/C14H25NO3/c1-14(2)5-3-11(4-6-14)15-7-8-18-12(10-15)9-13(16)17/h11-12H,3-10H2,1-2H3,(H,16,17). The van der Waals surface area contributed by atoms with Crippen LogP contribution in [0.15, 0.2) is 0 Å². The van der Waals surface area contributed by atoms with Gasteiger partial charge in [0.2, 0.25) is 0 Å². The lowest BCUT2D eigenvalue weighted by molar-refractivity contribution is -0.142. The lowest BCUT2D eigenvalue weighted by atomic mass is 9.75. The highest BCUT2D eigenvalue weighted by Gasteiger charge is 2.33. The maximum Gasteiger partial charge on any atom is 0.306 e. The summed E-state index contributed by atoms with van der Waals surface area (Å²) in [4.78, 5) is 13.2. The minimum atomic E-state index is -0.758. The van der Waals surface area contributed by atoms with Crippen LogP contribution in [-0.2, 0) is 9.53 Å². The van der Waals surface area contributed by atoms with Gasteiger partial charge in [-0.2, -0.15) is 0 Å². The van der Waals surface area contributed by atoms with Crippen molar-refractivity contribution in [2.45, 2.75) is 58.1 Å². The van der Waals surface area contributed by atoms with Crippen LogP contribution in [0.5, 0.6) is 0 Å². The van der Waals surface area contributed by atoms with Crippen molar-refractivity contribution in [2.75, 3.05) is 19.7 Å². The molecule has 1 atom stereocenters. The number of nitrogens with zero attached hydrogens (tertiary/aromatic N) is 1. The summed E-state index contributed by atoms with van der Waals surface area (Å²) >= 11 is 0. The summed E-state index contributed by atoms with van der Waals surface area (Å²) in [6, 6.07) is 0.637. The van der Waals surface area contributed by atoms with Crippen molar-refractivity contribution >= 4 is 5.97 Å². The molecule has 2 aliphatic rings. The van der Waals surface area contributed by atoms with Gasteiger partial charge in [0.25, 0.3) is 0 Å². The lowest BCUT2D eigenvalue weighted by Gasteiger charge is -2.43. The van der Waals surface area contributed by atoms with Crippen molar-refractivity contribution < 1.29 is 14.6 Å². The zero-order valence-corrected chi connectivity index (χ0v) is 11.5. The Labute approximate surface area is 109 Å². The Morgan fingerprint density at radius 1 is 1.39 bits per heavy atom. The van der Waals surface area contributed by atoms with E-state index in [1.807, 2.05) is 0 Å². The molecule has 1 saturated carbocycles. The third-order valence-corrected chi connectivity index (χ3v) is 4.40. The third-order valence-electron chi connectivity index (χ3n) is 4.40. The summed E-state index contributed by atoms with van der Waals surface area (Å²) in [6.07, 6.45) is 5.05. The van der Waals surface area contributed by atoms with Gasteiger partial charge in [0.15, 0.2) is 0 Å². The Bertz CT molecular complexity index is 293. The lowest BCUT2D eigenvalue weighted by Crippen LogP contribution is -2.49. The molecule has 0 aromatic carbocycles. The first kappa shape index (κ1) is 13.8. The van der Waals surface area contributed by atoms with Gasteiger partial charge in [0.05, 0.1) is 19.1 Å². The molecule has 1 aliphatic heterocycles. The van der Waals surface area contributed by atoms with Crippen LogP contribution in [0.2, 0.25) is 0 Å². The van der Waals surface area contributed by atoms with E-state index in [4.69, 9.17) is 9.84 Å². The van der Waals surface area contributed by atoms with E-state index in [1.54, 1.807) is 0 Å². The van der Waals surface area contributed by atoms with Gasteiger partial charge >= 0.3 is 5.97 Å². The van der Waals surface area contributed by atoms with Gasteiger partial charge < -0.3 is 9.84 Å². The van der Waals surface area contributed by atoms with Crippen LogP contribution in [0.25, 0.3) is 0 Å². The van der Waals surface area contributed by atoms with Crippen LogP contribution >= 0.6 is 0 Å². The monoisotopic (exact) mass is 255 g/mol. The van der Waals surface area contributed by atoms with Crippen molar-refractivity contribution in [3.63, 3.8) is 0 Å². The number of aliphatic carboxylic acids is 1. The summed E-state index contributed by atoms with van der Waals surface area (Å²) in [6.45, 7) is 7.11. The Morgan fingerprint density at radius 3 is 2.67 bits per heavy atom. The van der Waals surface area contributed by atoms with Crippen molar-refractivity contribution in [1.82, 2.24) is 4.90 Å². The number of carbonyl (C=O) groups is 1. The Balaban J connectivity index is 1.84. The number of hydrogen-bond acceptors (Lipinski definition) is 3. The van der Waals surface area contributed by atoms with E-state index in [-0.39, 0.29) is 12.5 Å². The molecule has 1 saturated heterocycles. The zero-order chi connectivity index (χ0) is 13.2. The topological polar surface area (TPSA) is 49.8 Å². The quantitative estimate of drug-likeness (QED) is 0.839. The van der Waals surface area contributed by atoms with E-state index in [9.17, 15) is 4.79 Å². The van der Waals surface area contributed by atoms with Gasteiger partial charge in [-0.3, -0.25) is 9.69 Å². The first-order valence-electron chi connectivity index (χ1n) is 7.04. The largest absolute Gasteiger partial charge is 0.481 e. The molecule has 1 aliphatic carbocycles. The highest BCUT2D eigenvalue weighted by molar-refractivity contribution is 5.67. The van der Waals surface area contributed by atoms with Gasteiger partial charge in [-0.15, -0.1) is 0 Å². The van der Waals surface area contributed by atoms with Gasteiger partial charge in [0, 0.05) is 19.1 Å². The van der Waals surface area contributed by atoms with E-state index >= 15 is 0 Å². The smallest absolute Gasteiger partial charge is 0.306 e. The second-order valence-electron chi connectivity index (χ2n) is 6.48. The zero-order valence-electron chi connectivity index (χ0n) is 11.5. The molecule has 2 fully saturated rings. The predicted molar refractivity (Wildman–Crippen MR) is 69.6 cm³/mol.